The summed E-state index contributed by atoms with van der Waals surface area (Å²) in [6, 6.07) is 4.11. The number of hydrogen-bond acceptors (Lipinski definition) is 2. The molecular formula is C18H25N3O. The van der Waals surface area contributed by atoms with Gasteiger partial charge in [0.1, 0.15) is 5.65 Å². The Balaban J connectivity index is 1.64. The first-order chi connectivity index (χ1) is 10.8. The molecule has 0 spiro atoms. The van der Waals surface area contributed by atoms with Crippen molar-refractivity contribution in [3.63, 3.8) is 0 Å². The van der Waals surface area contributed by atoms with E-state index < -0.39 is 0 Å². The van der Waals surface area contributed by atoms with Crippen LogP contribution in [0.2, 0.25) is 0 Å². The maximum absolute atomic E-state index is 12.1. The van der Waals surface area contributed by atoms with E-state index in [4.69, 9.17) is 0 Å². The van der Waals surface area contributed by atoms with E-state index >= 15 is 0 Å². The number of pyridine rings is 1. The minimum Gasteiger partial charge on any atom is -0.356 e. The summed E-state index contributed by atoms with van der Waals surface area (Å²) in [5, 5.41) is 4.32. The Labute approximate surface area is 131 Å². The quantitative estimate of drug-likeness (QED) is 0.889. The third-order valence-corrected chi connectivity index (χ3v) is 4.60. The number of nitrogens with one attached hydrogen (secondary N) is 1. The number of aryl methyl sites for hydroxylation is 1. The fourth-order valence-corrected chi connectivity index (χ4v) is 3.46. The second-order valence-electron chi connectivity index (χ2n) is 6.24. The number of fused-ring (bicyclic) bond motifs is 1. The number of carbonyl (C=O) groups excluding carboxylic acids is 1. The molecule has 0 unspecified atom stereocenters. The molecule has 1 aliphatic carbocycles. The summed E-state index contributed by atoms with van der Waals surface area (Å²) in [5.41, 5.74) is 2.34. The van der Waals surface area contributed by atoms with Crippen LogP contribution in [0.5, 0.6) is 0 Å². The number of carbonyl (C=O) groups is 1. The Morgan fingerprint density at radius 3 is 3.00 bits per heavy atom. The lowest BCUT2D eigenvalue weighted by Gasteiger charge is -2.09. The van der Waals surface area contributed by atoms with Crippen molar-refractivity contribution in [3.8, 4) is 0 Å². The lowest BCUT2D eigenvalue weighted by Crippen LogP contribution is -2.30. The van der Waals surface area contributed by atoms with Crippen molar-refractivity contribution in [2.24, 2.45) is 5.92 Å². The highest BCUT2D eigenvalue weighted by Crippen LogP contribution is 2.24. The zero-order chi connectivity index (χ0) is 15.4. The van der Waals surface area contributed by atoms with Gasteiger partial charge in [-0.3, -0.25) is 4.79 Å². The average molecular weight is 299 g/mol. The van der Waals surface area contributed by atoms with Crippen molar-refractivity contribution in [2.75, 3.05) is 6.54 Å². The fourth-order valence-electron chi connectivity index (χ4n) is 3.46. The molecule has 1 saturated carbocycles. The number of nitrogens with zero attached hydrogens (tertiary/aromatic N) is 2. The van der Waals surface area contributed by atoms with Crippen LogP contribution in [-0.4, -0.2) is 22.0 Å². The number of rotatable bonds is 6. The van der Waals surface area contributed by atoms with Crippen LogP contribution in [0.1, 0.15) is 44.6 Å². The van der Waals surface area contributed by atoms with Gasteiger partial charge in [-0.2, -0.15) is 0 Å². The molecule has 1 amide bonds. The van der Waals surface area contributed by atoms with Crippen molar-refractivity contribution in [1.29, 1.82) is 0 Å². The second kappa shape index (κ2) is 6.95. The molecule has 3 rings (SSSR count). The Bertz CT molecular complexity index is 641. The van der Waals surface area contributed by atoms with Crippen molar-refractivity contribution < 1.29 is 4.79 Å². The molecule has 4 heteroatoms. The monoisotopic (exact) mass is 299 g/mol. The Morgan fingerprint density at radius 2 is 2.23 bits per heavy atom. The van der Waals surface area contributed by atoms with E-state index in [-0.39, 0.29) is 11.8 Å². The first kappa shape index (κ1) is 15.1. The molecule has 4 nitrogen and oxygen atoms in total. The van der Waals surface area contributed by atoms with Gasteiger partial charge in [0.15, 0.2) is 0 Å². The SMILES string of the molecule is CCCn1cc(CCNC(=O)C2CCCC2)c2cccnc21. The maximum atomic E-state index is 12.1. The largest absolute Gasteiger partial charge is 0.356 e. The van der Waals surface area contributed by atoms with Crippen LogP contribution in [0.3, 0.4) is 0 Å². The van der Waals surface area contributed by atoms with Crippen LogP contribution in [0.25, 0.3) is 11.0 Å². The molecule has 0 aromatic carbocycles. The molecule has 1 aliphatic rings. The summed E-state index contributed by atoms with van der Waals surface area (Å²) in [6.45, 7) is 3.88. The van der Waals surface area contributed by atoms with E-state index in [0.29, 0.717) is 0 Å². The molecule has 22 heavy (non-hydrogen) atoms. The van der Waals surface area contributed by atoms with Gasteiger partial charge in [0.05, 0.1) is 0 Å². The van der Waals surface area contributed by atoms with Crippen molar-refractivity contribution >= 4 is 16.9 Å². The van der Waals surface area contributed by atoms with Gasteiger partial charge in [0, 0.05) is 36.8 Å². The number of aromatic nitrogens is 2. The first-order valence-corrected chi connectivity index (χ1v) is 8.50. The molecule has 0 atom stereocenters. The Hall–Kier alpha value is -1.84. The molecular weight excluding hydrogens is 274 g/mol. The molecule has 1 N–H and O–H groups in total. The third-order valence-electron chi connectivity index (χ3n) is 4.60. The van der Waals surface area contributed by atoms with Crippen LogP contribution < -0.4 is 5.32 Å². The maximum Gasteiger partial charge on any atom is 0.223 e. The van der Waals surface area contributed by atoms with E-state index in [0.717, 1.165) is 44.4 Å². The van der Waals surface area contributed by atoms with E-state index in [2.05, 4.69) is 34.1 Å². The smallest absolute Gasteiger partial charge is 0.223 e. The van der Waals surface area contributed by atoms with Gasteiger partial charge in [-0.25, -0.2) is 4.98 Å². The van der Waals surface area contributed by atoms with Gasteiger partial charge in [-0.05, 0) is 43.4 Å². The van der Waals surface area contributed by atoms with Crippen molar-refractivity contribution in [2.45, 2.75) is 52.0 Å². The fraction of sp³-hybridized carbons (Fsp3) is 0.556. The van der Waals surface area contributed by atoms with Gasteiger partial charge in [0.25, 0.3) is 0 Å². The normalized spacial score (nSPS) is 15.5. The molecule has 1 fully saturated rings. The summed E-state index contributed by atoms with van der Waals surface area (Å²) < 4.78 is 2.23. The Kier molecular flexibility index (Phi) is 4.76. The van der Waals surface area contributed by atoms with Gasteiger partial charge < -0.3 is 9.88 Å². The summed E-state index contributed by atoms with van der Waals surface area (Å²) in [7, 11) is 0. The topological polar surface area (TPSA) is 46.9 Å². The molecule has 2 aromatic rings. The summed E-state index contributed by atoms with van der Waals surface area (Å²) >= 11 is 0. The van der Waals surface area contributed by atoms with Crippen LogP contribution >= 0.6 is 0 Å². The third kappa shape index (κ3) is 3.16. The lowest BCUT2D eigenvalue weighted by molar-refractivity contribution is -0.124. The standard InChI is InChI=1S/C18H25N3O/c1-2-12-21-13-15(16-8-5-10-19-17(16)21)9-11-20-18(22)14-6-3-4-7-14/h5,8,10,13-14H,2-4,6-7,9,11-12H2,1H3,(H,20,22). The second-order valence-corrected chi connectivity index (χ2v) is 6.24. The van der Waals surface area contributed by atoms with E-state index in [9.17, 15) is 4.79 Å². The minimum atomic E-state index is 0.243. The van der Waals surface area contributed by atoms with Crippen LogP contribution in [0.15, 0.2) is 24.5 Å². The predicted molar refractivity (Wildman–Crippen MR) is 88.7 cm³/mol. The molecule has 0 bridgehead atoms. The van der Waals surface area contributed by atoms with Gasteiger partial charge in [-0.15, -0.1) is 0 Å². The van der Waals surface area contributed by atoms with Crippen LogP contribution in [0, 0.1) is 5.92 Å². The lowest BCUT2D eigenvalue weighted by atomic mass is 10.1. The number of hydrogen-bond donors (Lipinski definition) is 1. The van der Waals surface area contributed by atoms with Crippen molar-refractivity contribution in [1.82, 2.24) is 14.9 Å². The summed E-state index contributed by atoms with van der Waals surface area (Å²) in [6.07, 6.45) is 10.5. The summed E-state index contributed by atoms with van der Waals surface area (Å²) in [4.78, 5) is 16.6. The molecule has 0 saturated heterocycles. The number of amides is 1. The zero-order valence-corrected chi connectivity index (χ0v) is 13.3. The highest BCUT2D eigenvalue weighted by molar-refractivity contribution is 5.81. The highest BCUT2D eigenvalue weighted by atomic mass is 16.1. The highest BCUT2D eigenvalue weighted by Gasteiger charge is 2.22. The van der Waals surface area contributed by atoms with Gasteiger partial charge in [0.2, 0.25) is 5.91 Å². The van der Waals surface area contributed by atoms with E-state index in [1.54, 1.807) is 0 Å². The molecule has 0 radical (unpaired) electrons. The summed E-state index contributed by atoms with van der Waals surface area (Å²) in [5.74, 6) is 0.496. The average Bonchev–Trinajstić information content (AvgIpc) is 3.17. The Morgan fingerprint density at radius 1 is 1.41 bits per heavy atom. The van der Waals surface area contributed by atoms with Crippen LogP contribution in [-0.2, 0) is 17.8 Å². The van der Waals surface area contributed by atoms with E-state index in [1.807, 2.05) is 12.3 Å². The predicted octanol–water partition coefficient (Wildman–Crippen LogP) is 3.30. The molecule has 2 aromatic heterocycles. The molecule has 2 heterocycles. The molecule has 118 valence electrons. The first-order valence-electron chi connectivity index (χ1n) is 8.50. The van der Waals surface area contributed by atoms with Gasteiger partial charge >= 0.3 is 0 Å². The van der Waals surface area contributed by atoms with Crippen LogP contribution in [0.4, 0.5) is 0 Å². The zero-order valence-electron chi connectivity index (χ0n) is 13.3. The van der Waals surface area contributed by atoms with Crippen molar-refractivity contribution in [3.05, 3.63) is 30.1 Å². The van der Waals surface area contributed by atoms with Gasteiger partial charge in [-0.1, -0.05) is 19.8 Å². The minimum absolute atomic E-state index is 0.243. The molecule has 0 aliphatic heterocycles. The van der Waals surface area contributed by atoms with E-state index in [1.165, 1.54) is 23.8 Å².